The Hall–Kier alpha value is -11.7. The number of unbranched alkanes of at least 4 members (excludes halogenated alkanes) is 2. The van der Waals surface area contributed by atoms with Crippen LogP contribution in [0.15, 0.2) is 150 Å². The minimum Gasteiger partial charge on any atom is -0.508 e. The van der Waals surface area contributed by atoms with Crippen molar-refractivity contribution in [2.75, 3.05) is 51.0 Å². The van der Waals surface area contributed by atoms with E-state index in [1.807, 2.05) is 70.5 Å². The number of thiol groups is 1. The Labute approximate surface area is 808 Å². The lowest BCUT2D eigenvalue weighted by Gasteiger charge is -2.29. The molecule has 0 aliphatic carbocycles. The number of aromatic nitrogens is 3. The summed E-state index contributed by atoms with van der Waals surface area (Å²) in [6.45, 7) is 13.9. The molecule has 2 heterocycles. The number of nitrogens with two attached hydrogens (primary N) is 7. The molecule has 38 nitrogen and oxygen atoms in total. The Balaban J connectivity index is 0.000000577. The monoisotopic (exact) mass is 1930 g/mol. The molecule has 0 bridgehead atoms. The number of carbonyl (C=O) groups excluding carboxylic acids is 9. The Bertz CT molecular complexity index is 4660. The number of phenols is 2. The second-order valence-electron chi connectivity index (χ2n) is 34.5. The van der Waals surface area contributed by atoms with E-state index in [-0.39, 0.29) is 129 Å². The highest BCUT2D eigenvalue weighted by atomic mass is 32.2. The second kappa shape index (κ2) is 64.4. The van der Waals surface area contributed by atoms with Crippen molar-refractivity contribution in [3.05, 3.63) is 163 Å². The van der Waals surface area contributed by atoms with Crippen molar-refractivity contribution in [1.82, 2.24) is 68.1 Å². The van der Waals surface area contributed by atoms with E-state index < -0.39 is 144 Å². The third kappa shape index (κ3) is 45.8. The number of nitrogens with zero attached hydrogens (tertiary/aromatic N) is 3. The number of carbonyl (C=O) groups is 11. The number of aromatic amines is 2. The van der Waals surface area contributed by atoms with E-state index >= 15 is 0 Å². The van der Waals surface area contributed by atoms with Gasteiger partial charge in [-0.3, -0.25) is 68.0 Å². The standard InChI is InChI=1S/C51H81N13O8S2.C45H69N9O8/c1-31(2)24-37(18-14-33(16-19-45(66)67)46(68)64-44(29-73)32(3)65)61-49(71)42(13-9-22-57-51(54)55)63-50(72)43(20-23-74-4)62-47(69)34(25-38-28-56-30-59-38)15-17-36(10-7-8-21-52)60-48(70)40(53)26-35-27-58-41-12-6-5-11-39(35)41;1-6-28(2)37(52-40(57)30(4)49-5)23-18-34(26-31-13-19-35(55)20-14-31)41(58)54-39(27-32-15-21-36(56)22-16-32)43(60)53-38(11-7-8-24-46)42(59)51-29(3)12-17-33(44(61)62)10-9-25-50-45(47)48/h5-6,11-12,14-15,17-18,27-28,30-31,33-34,36-37,40,42-44,47,58,62,69,73H,7-10,13,16,19-26,29,52-53H2,1-4H3,(H,56,59)(H,60,70)(H,61,71)(H,63,72)(H,64,68)(H,66,67)(H4,54,55,57);12-23,28-30,33-34,37-39,49,55-56H,6-11,24-27,46H2,1-5H3,(H,51,59)(H,52,57)(H,53,60)(H,54,58)(H,61,62)(H4,47,48,50)/b17-15+,18-14+;17-12+,23-18+. The van der Waals surface area contributed by atoms with Crippen LogP contribution in [0.1, 0.15) is 167 Å². The van der Waals surface area contributed by atoms with E-state index in [1.54, 1.807) is 81.7 Å². The van der Waals surface area contributed by atoms with Gasteiger partial charge >= 0.3 is 11.9 Å². The number of phenolic OH excluding ortho intramolecular Hbond substituents is 2. The van der Waals surface area contributed by atoms with Crippen molar-refractivity contribution < 1.29 is 78.3 Å². The molecule has 5 rings (SSSR count). The zero-order valence-corrected chi connectivity index (χ0v) is 81.5. The van der Waals surface area contributed by atoms with Gasteiger partial charge in [-0.05, 0) is 215 Å². The molecule has 0 saturated carbocycles. The summed E-state index contributed by atoms with van der Waals surface area (Å²) in [7, 11) is 1.69. The molecule has 0 spiro atoms. The molecule has 136 heavy (non-hydrogen) atoms. The van der Waals surface area contributed by atoms with Crippen molar-refractivity contribution in [2.45, 2.75) is 243 Å². The van der Waals surface area contributed by atoms with E-state index in [2.05, 4.69) is 90.7 Å². The van der Waals surface area contributed by atoms with Gasteiger partial charge < -0.3 is 123 Å². The molecule has 31 N–H and O–H groups in total. The normalized spacial score (nSPS) is 15.4. The van der Waals surface area contributed by atoms with Crippen LogP contribution in [0.3, 0.4) is 0 Å². The molecule has 2 aromatic heterocycles. The lowest BCUT2D eigenvalue weighted by atomic mass is 9.93. The zero-order valence-electron chi connectivity index (χ0n) is 79.8. The first kappa shape index (κ1) is 117. The highest BCUT2D eigenvalue weighted by Crippen LogP contribution is 2.24. The number of carboxylic acids is 2. The van der Waals surface area contributed by atoms with Gasteiger partial charge in [-0.15, -0.1) is 0 Å². The molecule has 0 radical (unpaired) electrons. The predicted octanol–water partition coefficient (Wildman–Crippen LogP) is 4.04. The SMILES string of the molecule is CCC(C)C(/C=C/C(Cc1ccc(O)cc1)C(=O)NC(Cc1ccc(O)cc1)C(=O)NC(CCCCN)C(=O)NC(C)/C=C/C(CCCN=C(N)N)C(=O)O)NC(=O)C(C)NC.CSCCC(NC(O)C(/C=C/C(CCCCN)NC(=O)C(N)Cc1c[nH]c2ccccc12)Cc1cnc[nH]1)C(=O)NC(CCCN=C(N)N)C(=O)NC(/C=C/C(CCC(=O)O)C(=O)NC(CS)C(C)=O)CC(C)C. The van der Waals surface area contributed by atoms with Gasteiger partial charge in [-0.25, -0.2) is 4.98 Å². The molecule has 752 valence electrons. The van der Waals surface area contributed by atoms with Crippen LogP contribution >= 0.6 is 24.4 Å². The second-order valence-corrected chi connectivity index (χ2v) is 35.9. The molecule has 5 aromatic rings. The lowest BCUT2D eigenvalue weighted by molar-refractivity contribution is -0.140. The summed E-state index contributed by atoms with van der Waals surface area (Å²) >= 11 is 5.67. The van der Waals surface area contributed by atoms with Gasteiger partial charge in [0.25, 0.3) is 0 Å². The molecule has 3 aromatic carbocycles. The minimum absolute atomic E-state index is 0.0109. The summed E-state index contributed by atoms with van der Waals surface area (Å²) in [4.78, 5) is 165. The number of hydrogen-bond acceptors (Lipinski definition) is 24. The molecular formula is C96H150N22O16S2. The maximum absolute atomic E-state index is 14.4. The Morgan fingerprint density at radius 3 is 1.65 bits per heavy atom. The number of guanidine groups is 2. The van der Waals surface area contributed by atoms with Gasteiger partial charge in [0.1, 0.15) is 35.9 Å². The molecule has 17 atom stereocenters. The summed E-state index contributed by atoms with van der Waals surface area (Å²) in [5.41, 5.74) is 43.9. The number of nitrogens with one attached hydrogen (secondary N) is 12. The van der Waals surface area contributed by atoms with E-state index in [0.717, 1.165) is 34.9 Å². The number of aliphatic imine (C=N–C) groups is 2. The number of Topliss-reactive ketones (excluding diaryl/α,β-unsaturated/α-hetero) is 1. The summed E-state index contributed by atoms with van der Waals surface area (Å²) < 4.78 is 0. The Kier molecular flexibility index (Phi) is 55.2. The van der Waals surface area contributed by atoms with Crippen molar-refractivity contribution in [2.24, 2.45) is 85.6 Å². The number of aliphatic hydroxyl groups is 1. The van der Waals surface area contributed by atoms with Crippen molar-refractivity contribution in [3.8, 4) is 11.5 Å². The maximum atomic E-state index is 14.4. The van der Waals surface area contributed by atoms with Crippen LogP contribution in [0.25, 0.3) is 10.9 Å². The number of carboxylic acid groups (broad SMARTS) is 2. The summed E-state index contributed by atoms with van der Waals surface area (Å²) in [5.74, 6) is -9.06. The average Bonchev–Trinajstić information content (AvgIpc) is 1.68. The van der Waals surface area contributed by atoms with E-state index in [4.69, 9.17) is 40.1 Å². The Morgan fingerprint density at radius 1 is 0.544 bits per heavy atom. The van der Waals surface area contributed by atoms with Gasteiger partial charge in [-0.2, -0.15) is 24.4 Å². The fraction of sp³-hybridized carbons (Fsp3) is 0.542. The van der Waals surface area contributed by atoms with Crippen LogP contribution in [-0.2, 0) is 78.4 Å². The number of likely N-dealkylation sites (N-methyl/N-ethyl adjacent to an activating group) is 1. The predicted molar refractivity (Wildman–Crippen MR) is 536 cm³/mol. The number of H-pyrrole nitrogens is 2. The number of benzene rings is 3. The Morgan fingerprint density at radius 2 is 1.09 bits per heavy atom. The van der Waals surface area contributed by atoms with Crippen LogP contribution in [0.5, 0.6) is 11.5 Å². The van der Waals surface area contributed by atoms with Crippen LogP contribution in [-0.4, -0.2) is 241 Å². The highest BCUT2D eigenvalue weighted by Gasteiger charge is 2.34. The average molecular weight is 1930 g/mol. The van der Waals surface area contributed by atoms with E-state index in [0.29, 0.717) is 81.5 Å². The van der Waals surface area contributed by atoms with Gasteiger partial charge in [0.15, 0.2) is 17.7 Å². The number of para-hydroxylation sites is 1. The number of amides is 8. The molecule has 40 heteroatoms. The summed E-state index contributed by atoms with van der Waals surface area (Å²) in [6, 6.07) is 11.8. The van der Waals surface area contributed by atoms with Crippen LogP contribution in [0, 0.1) is 35.5 Å². The third-order valence-corrected chi connectivity index (χ3v) is 23.8. The molecule has 0 saturated heterocycles. The molecule has 17 unspecified atom stereocenters. The van der Waals surface area contributed by atoms with Crippen LogP contribution < -0.4 is 93.3 Å². The number of fused-ring (bicyclic) bond motifs is 1. The molecule has 0 fully saturated rings. The van der Waals surface area contributed by atoms with Crippen molar-refractivity contribution in [3.63, 3.8) is 0 Å². The maximum Gasteiger partial charge on any atom is 0.310 e. The topological polar surface area (TPSA) is 661 Å². The largest absolute Gasteiger partial charge is 0.508 e. The molecule has 0 aliphatic heterocycles. The number of imidazole rings is 1. The van der Waals surface area contributed by atoms with E-state index in [1.165, 1.54) is 61.4 Å². The van der Waals surface area contributed by atoms with Crippen LogP contribution in [0.2, 0.25) is 0 Å². The first-order valence-electron chi connectivity index (χ1n) is 46.5. The number of aliphatic carboxylic acids is 2. The van der Waals surface area contributed by atoms with Gasteiger partial charge in [0.05, 0.1) is 48.2 Å². The van der Waals surface area contributed by atoms with Gasteiger partial charge in [0, 0.05) is 90.8 Å². The number of thioether (sulfide) groups is 1. The van der Waals surface area contributed by atoms with Crippen molar-refractivity contribution >= 4 is 112 Å². The highest BCUT2D eigenvalue weighted by molar-refractivity contribution is 7.98. The number of hydrogen-bond donors (Lipinski definition) is 25. The summed E-state index contributed by atoms with van der Waals surface area (Å²) in [5, 5.41) is 81.4. The molecular weight excluding hydrogens is 1780 g/mol. The first-order chi connectivity index (χ1) is 64.8. The fourth-order valence-electron chi connectivity index (χ4n) is 14.5. The molecule has 8 amide bonds. The first-order valence-corrected chi connectivity index (χ1v) is 48.5. The number of aromatic hydroxyl groups is 2. The number of aliphatic hydroxyl groups excluding tert-OH is 1. The molecule has 0 aliphatic rings. The lowest BCUT2D eigenvalue weighted by Crippen LogP contribution is -2.56. The number of rotatable bonds is 65. The quantitative estimate of drug-likeness (QED) is 0.00652. The fourth-order valence-corrected chi connectivity index (χ4v) is 15.3. The van der Waals surface area contributed by atoms with Crippen molar-refractivity contribution in [1.29, 1.82) is 0 Å². The summed E-state index contributed by atoms with van der Waals surface area (Å²) in [6.07, 6.45) is 25.3. The smallest absolute Gasteiger partial charge is 0.310 e. The van der Waals surface area contributed by atoms with Gasteiger partial charge in [0.2, 0.25) is 47.3 Å². The van der Waals surface area contributed by atoms with Gasteiger partial charge in [-0.1, -0.05) is 125 Å². The number of ketones is 1. The minimum atomic E-state index is -1.31. The van der Waals surface area contributed by atoms with Crippen LogP contribution in [0.4, 0.5) is 0 Å². The third-order valence-electron chi connectivity index (χ3n) is 22.8. The van der Waals surface area contributed by atoms with E-state index in [9.17, 15) is 78.3 Å². The zero-order chi connectivity index (χ0) is 101.